The van der Waals surface area contributed by atoms with Gasteiger partial charge in [0.05, 0.1) is 12.1 Å². The van der Waals surface area contributed by atoms with E-state index in [9.17, 15) is 26.3 Å². The Labute approximate surface area is 74.3 Å². The molecule has 0 heterocycles. The summed E-state index contributed by atoms with van der Waals surface area (Å²) in [5.74, 6) is -8.01. The van der Waals surface area contributed by atoms with E-state index in [0.29, 0.717) is 12.1 Å². The first kappa shape index (κ1) is 12.6. The fraction of sp³-hybridized carbons (Fsp3) is 0.667. The molecule has 8 heteroatoms. The Balaban J connectivity index is 4.99. The normalized spacial score (nSPS) is 14.6. The van der Waals surface area contributed by atoms with Crippen molar-refractivity contribution in [3.63, 3.8) is 0 Å². The van der Waals surface area contributed by atoms with Gasteiger partial charge in [0, 0.05) is 0 Å². The van der Waals surface area contributed by atoms with Crippen molar-refractivity contribution in [1.29, 1.82) is 10.5 Å². The molecule has 0 aliphatic carbocycles. The molecule has 0 radical (unpaired) electrons. The third-order valence-corrected chi connectivity index (χ3v) is 1.27. The number of rotatable bonds is 2. The van der Waals surface area contributed by atoms with Crippen molar-refractivity contribution in [2.24, 2.45) is 5.92 Å². The van der Waals surface area contributed by atoms with Gasteiger partial charge in [0.2, 0.25) is 0 Å². The van der Waals surface area contributed by atoms with Crippen LogP contribution in [-0.4, -0.2) is 18.3 Å². The number of alkyl halides is 6. The van der Waals surface area contributed by atoms with Crippen molar-refractivity contribution in [1.82, 2.24) is 0 Å². The van der Waals surface area contributed by atoms with Crippen LogP contribution in [0.15, 0.2) is 0 Å². The van der Waals surface area contributed by atoms with Gasteiger partial charge in [0.15, 0.2) is 5.92 Å². The Hall–Kier alpha value is -1.44. The Morgan fingerprint density at radius 3 is 1.50 bits per heavy atom. The van der Waals surface area contributed by atoms with Gasteiger partial charge in [-0.3, -0.25) is 0 Å². The van der Waals surface area contributed by atoms with Crippen molar-refractivity contribution in [2.75, 3.05) is 0 Å². The van der Waals surface area contributed by atoms with Crippen LogP contribution in [0.25, 0.3) is 0 Å². The van der Waals surface area contributed by atoms with Crippen LogP contribution in [0.1, 0.15) is 0 Å². The molecule has 0 aliphatic heterocycles. The highest BCUT2D eigenvalue weighted by Crippen LogP contribution is 2.39. The molecule has 0 aromatic heterocycles. The summed E-state index contributed by atoms with van der Waals surface area (Å²) >= 11 is 0. The molecular formula is C6H2F6N2. The second-order valence-corrected chi connectivity index (χ2v) is 2.27. The Morgan fingerprint density at radius 1 is 0.929 bits per heavy atom. The largest absolute Gasteiger partial charge is 0.425 e. The molecule has 0 aromatic carbocycles. The summed E-state index contributed by atoms with van der Waals surface area (Å²) in [5.41, 5.74) is 0. The SMILES string of the molecule is N#CC(C#N)C(F)(F)C(F)C(F)(F)F. The van der Waals surface area contributed by atoms with Crippen LogP contribution < -0.4 is 0 Å². The minimum absolute atomic E-state index is 0.594. The van der Waals surface area contributed by atoms with E-state index in [1.165, 1.54) is 0 Å². The zero-order chi connectivity index (χ0) is 11.6. The molecule has 1 atom stereocenters. The first-order valence-corrected chi connectivity index (χ1v) is 3.05. The van der Waals surface area contributed by atoms with E-state index in [-0.39, 0.29) is 0 Å². The van der Waals surface area contributed by atoms with Gasteiger partial charge in [-0.1, -0.05) is 0 Å². The van der Waals surface area contributed by atoms with Gasteiger partial charge in [-0.05, 0) is 0 Å². The van der Waals surface area contributed by atoms with Crippen LogP contribution in [0.2, 0.25) is 0 Å². The van der Waals surface area contributed by atoms with Gasteiger partial charge in [0.1, 0.15) is 0 Å². The maximum Gasteiger partial charge on any atom is 0.425 e. The Morgan fingerprint density at radius 2 is 1.29 bits per heavy atom. The lowest BCUT2D eigenvalue weighted by Crippen LogP contribution is -2.45. The highest BCUT2D eigenvalue weighted by molar-refractivity contribution is 5.10. The van der Waals surface area contributed by atoms with Crippen LogP contribution in [0.5, 0.6) is 0 Å². The molecule has 0 aliphatic rings. The zero-order valence-corrected chi connectivity index (χ0v) is 6.32. The Kier molecular flexibility index (Phi) is 3.36. The number of nitriles is 2. The van der Waals surface area contributed by atoms with Gasteiger partial charge in [-0.15, -0.1) is 0 Å². The van der Waals surface area contributed by atoms with E-state index >= 15 is 0 Å². The lowest BCUT2D eigenvalue weighted by molar-refractivity contribution is -0.249. The number of hydrogen-bond donors (Lipinski definition) is 0. The monoisotopic (exact) mass is 216 g/mol. The fourth-order valence-electron chi connectivity index (χ4n) is 0.566. The third-order valence-electron chi connectivity index (χ3n) is 1.27. The summed E-state index contributed by atoms with van der Waals surface area (Å²) in [5, 5.41) is 15.8. The van der Waals surface area contributed by atoms with Crippen LogP contribution in [-0.2, 0) is 0 Å². The van der Waals surface area contributed by atoms with Crippen molar-refractivity contribution < 1.29 is 26.3 Å². The molecule has 14 heavy (non-hydrogen) atoms. The molecule has 0 saturated heterocycles. The lowest BCUT2D eigenvalue weighted by atomic mass is 10.00. The molecule has 2 nitrogen and oxygen atoms in total. The summed E-state index contributed by atoms with van der Waals surface area (Å²) in [6.45, 7) is 0. The Bertz CT molecular complexity index is 268. The molecule has 0 bridgehead atoms. The van der Waals surface area contributed by atoms with Gasteiger partial charge in [-0.2, -0.15) is 23.7 Å². The van der Waals surface area contributed by atoms with Crippen LogP contribution in [0, 0.1) is 28.6 Å². The van der Waals surface area contributed by atoms with Crippen LogP contribution in [0.4, 0.5) is 26.3 Å². The third kappa shape index (κ3) is 2.28. The van der Waals surface area contributed by atoms with E-state index in [0.717, 1.165) is 0 Å². The minimum Gasteiger partial charge on any atom is -0.231 e. The second-order valence-electron chi connectivity index (χ2n) is 2.27. The highest BCUT2D eigenvalue weighted by Gasteiger charge is 2.61. The van der Waals surface area contributed by atoms with Crippen molar-refractivity contribution in [3.05, 3.63) is 0 Å². The van der Waals surface area contributed by atoms with Gasteiger partial charge in [0.25, 0.3) is 6.17 Å². The van der Waals surface area contributed by atoms with Crippen molar-refractivity contribution in [2.45, 2.75) is 18.3 Å². The zero-order valence-electron chi connectivity index (χ0n) is 6.32. The molecule has 1 unspecified atom stereocenters. The van der Waals surface area contributed by atoms with Crippen molar-refractivity contribution in [3.8, 4) is 12.1 Å². The average molecular weight is 216 g/mol. The van der Waals surface area contributed by atoms with Crippen molar-refractivity contribution >= 4 is 0 Å². The molecule has 0 N–H and O–H groups in total. The number of halogens is 6. The smallest absolute Gasteiger partial charge is 0.231 e. The van der Waals surface area contributed by atoms with Gasteiger partial charge >= 0.3 is 12.1 Å². The summed E-state index contributed by atoms with van der Waals surface area (Å²) in [6, 6.07) is 1.19. The second kappa shape index (κ2) is 3.74. The first-order chi connectivity index (χ1) is 6.17. The first-order valence-electron chi connectivity index (χ1n) is 3.05. The van der Waals surface area contributed by atoms with E-state index in [1.807, 2.05) is 0 Å². The maximum atomic E-state index is 12.4. The fourth-order valence-corrected chi connectivity index (χ4v) is 0.566. The summed E-state index contributed by atoms with van der Waals surface area (Å²) in [6.07, 6.45) is -10.3. The predicted octanol–water partition coefficient (Wildman–Crippen LogP) is 2.19. The molecule has 0 aromatic rings. The molecule has 0 spiro atoms. The minimum atomic E-state index is -5.80. The molecule has 78 valence electrons. The van der Waals surface area contributed by atoms with Crippen LogP contribution in [0.3, 0.4) is 0 Å². The number of nitrogens with zero attached hydrogens (tertiary/aromatic N) is 2. The van der Waals surface area contributed by atoms with E-state index < -0.39 is 24.2 Å². The molecular weight excluding hydrogens is 214 g/mol. The standard InChI is InChI=1S/C6H2F6N2/c7-4(6(10,11)12)5(8,9)3(1-13)2-14/h3-4H. The molecule has 0 rings (SSSR count). The van der Waals surface area contributed by atoms with Gasteiger partial charge in [-0.25, -0.2) is 13.2 Å². The topological polar surface area (TPSA) is 47.6 Å². The summed E-state index contributed by atoms with van der Waals surface area (Å²) in [7, 11) is 0. The number of hydrogen-bond acceptors (Lipinski definition) is 2. The van der Waals surface area contributed by atoms with Crippen LogP contribution >= 0.6 is 0 Å². The van der Waals surface area contributed by atoms with E-state index in [1.54, 1.807) is 0 Å². The molecule has 0 saturated carbocycles. The quantitative estimate of drug-likeness (QED) is 0.664. The lowest BCUT2D eigenvalue weighted by Gasteiger charge is -2.22. The van der Waals surface area contributed by atoms with Gasteiger partial charge < -0.3 is 0 Å². The summed E-state index contributed by atoms with van der Waals surface area (Å²) < 4.78 is 71.5. The van der Waals surface area contributed by atoms with E-state index in [4.69, 9.17) is 10.5 Å². The molecule has 0 fully saturated rings. The predicted molar refractivity (Wildman–Crippen MR) is 30.6 cm³/mol. The average Bonchev–Trinajstić information content (AvgIpc) is 2.03. The molecule has 0 amide bonds. The highest BCUT2D eigenvalue weighted by atomic mass is 19.4. The van der Waals surface area contributed by atoms with E-state index in [2.05, 4.69) is 0 Å². The summed E-state index contributed by atoms with van der Waals surface area (Å²) in [4.78, 5) is 0. The maximum absolute atomic E-state index is 12.4.